The molecular formula is C29H44N6O7S. The van der Waals surface area contributed by atoms with Gasteiger partial charge in [-0.25, -0.2) is 9.78 Å². The number of β-amino-alcohol motifs (C(OH)–C–C–N with tert-alkyl or cyclic N) is 1. The van der Waals surface area contributed by atoms with E-state index in [9.17, 15) is 19.2 Å². The number of aliphatic hydroxyl groups is 1. The van der Waals surface area contributed by atoms with Crippen LogP contribution in [-0.4, -0.2) is 111 Å². The number of imidazole rings is 1. The fraction of sp³-hybridized carbons (Fsp3) is 0.621. The number of benzene rings is 1. The number of fused-ring (bicyclic) bond motifs is 1. The molecule has 0 bridgehead atoms. The van der Waals surface area contributed by atoms with Crippen molar-refractivity contribution in [2.24, 2.45) is 7.05 Å². The molecule has 0 radical (unpaired) electrons. The van der Waals surface area contributed by atoms with Crippen LogP contribution >= 0.6 is 0 Å². The highest BCUT2D eigenvalue weighted by Crippen LogP contribution is 2.39. The molecule has 238 valence electrons. The van der Waals surface area contributed by atoms with Crippen LogP contribution in [0, 0.1) is 0 Å². The number of unbranched alkanes of at least 4 members (excludes halogenated alkanes) is 1. The minimum Gasteiger partial charge on any atom is -0.611 e. The lowest BCUT2D eigenvalue weighted by Crippen LogP contribution is -2.49. The molecule has 1 aliphatic heterocycles. The Morgan fingerprint density at radius 2 is 1.63 bits per heavy atom. The molecule has 1 saturated heterocycles. The zero-order valence-electron chi connectivity index (χ0n) is 25.8. The third-order valence-electron chi connectivity index (χ3n) is 7.88. The van der Waals surface area contributed by atoms with E-state index < -0.39 is 22.8 Å². The lowest BCUT2D eigenvalue weighted by atomic mass is 10.2. The van der Waals surface area contributed by atoms with Crippen LogP contribution < -0.4 is 25.5 Å². The number of hydrogen-bond acceptors (Lipinski definition) is 10. The molecule has 14 heteroatoms. The average Bonchev–Trinajstić information content (AvgIpc) is 3.42. The minimum absolute atomic E-state index is 0.213. The standard InChI is InChI=1S/C29H44N6O7S/c1-6-7-10-35-27-25(28(37)31(2)29(35)38)34(20-30-27)19-21(36)18-33-13-11-32(12-14-33)9-8-15-43(39)22-16-23(40-3)26(42-5)24(17-22)41-4/h16-17,20-21,36H,6-15,18-19H2,1-5H3. The molecule has 0 spiro atoms. The molecule has 13 nitrogen and oxygen atoms in total. The Morgan fingerprint density at radius 3 is 2.23 bits per heavy atom. The zero-order valence-corrected chi connectivity index (χ0v) is 26.6. The summed E-state index contributed by atoms with van der Waals surface area (Å²) in [5, 5.41) is 10.9. The number of rotatable bonds is 15. The first-order valence-electron chi connectivity index (χ1n) is 14.7. The van der Waals surface area contributed by atoms with Crippen LogP contribution in [0.25, 0.3) is 11.2 Å². The molecule has 2 atom stereocenters. The van der Waals surface area contributed by atoms with Gasteiger partial charge in [0.15, 0.2) is 27.6 Å². The summed E-state index contributed by atoms with van der Waals surface area (Å²) in [5.41, 5.74) is -0.0705. The summed E-state index contributed by atoms with van der Waals surface area (Å²) in [5.74, 6) is 1.96. The van der Waals surface area contributed by atoms with Crippen molar-refractivity contribution < 1.29 is 23.9 Å². The molecule has 1 fully saturated rings. The predicted octanol–water partition coefficient (Wildman–Crippen LogP) is 0.899. The number of methoxy groups -OCH3 is 3. The SMILES string of the molecule is CCCCn1c(=O)n(C)c(=O)c2c1ncn2CC(O)CN1CCN(CCC[S+]([O-])c2cc(OC)c(OC)c(OC)c2)CC1. The maximum atomic E-state index is 13.0. The smallest absolute Gasteiger partial charge is 0.332 e. The van der Waals surface area contributed by atoms with Crippen LogP contribution in [0.2, 0.25) is 0 Å². The molecule has 2 unspecified atom stereocenters. The van der Waals surface area contributed by atoms with E-state index in [1.54, 1.807) is 21.3 Å². The van der Waals surface area contributed by atoms with E-state index in [0.717, 1.165) is 56.6 Å². The van der Waals surface area contributed by atoms with Crippen molar-refractivity contribution in [3.63, 3.8) is 0 Å². The molecule has 0 saturated carbocycles. The van der Waals surface area contributed by atoms with Gasteiger partial charge in [-0.15, -0.1) is 0 Å². The third-order valence-corrected chi connectivity index (χ3v) is 9.30. The number of aliphatic hydroxyl groups excluding tert-OH is 1. The summed E-state index contributed by atoms with van der Waals surface area (Å²) < 4.78 is 33.4. The van der Waals surface area contributed by atoms with Gasteiger partial charge in [0.05, 0.1) is 40.3 Å². The van der Waals surface area contributed by atoms with Gasteiger partial charge in [-0.2, -0.15) is 0 Å². The molecule has 0 amide bonds. The molecular weight excluding hydrogens is 576 g/mol. The first kappa shape index (κ1) is 32.9. The van der Waals surface area contributed by atoms with Gasteiger partial charge in [0.1, 0.15) is 5.75 Å². The van der Waals surface area contributed by atoms with Gasteiger partial charge >= 0.3 is 5.69 Å². The van der Waals surface area contributed by atoms with Crippen LogP contribution in [0.4, 0.5) is 0 Å². The van der Waals surface area contributed by atoms with Crippen molar-refractivity contribution >= 4 is 22.3 Å². The largest absolute Gasteiger partial charge is 0.611 e. The molecule has 0 aliphatic carbocycles. The van der Waals surface area contributed by atoms with Crippen molar-refractivity contribution in [2.45, 2.75) is 50.3 Å². The van der Waals surface area contributed by atoms with E-state index in [2.05, 4.69) is 14.8 Å². The Labute approximate surface area is 254 Å². The summed E-state index contributed by atoms with van der Waals surface area (Å²) >= 11 is -1.21. The molecule has 43 heavy (non-hydrogen) atoms. The predicted molar refractivity (Wildman–Crippen MR) is 165 cm³/mol. The first-order valence-corrected chi connectivity index (χ1v) is 16.0. The molecule has 4 rings (SSSR count). The van der Waals surface area contributed by atoms with Crippen molar-refractivity contribution in [1.29, 1.82) is 0 Å². The number of nitrogens with zero attached hydrogens (tertiary/aromatic N) is 6. The van der Waals surface area contributed by atoms with Gasteiger partial charge in [-0.1, -0.05) is 13.3 Å². The molecule has 1 aromatic carbocycles. The van der Waals surface area contributed by atoms with Crippen molar-refractivity contribution in [3.05, 3.63) is 39.3 Å². The summed E-state index contributed by atoms with van der Waals surface area (Å²) in [4.78, 5) is 35.1. The van der Waals surface area contributed by atoms with E-state index in [-0.39, 0.29) is 12.2 Å². The molecule has 2 aromatic heterocycles. The van der Waals surface area contributed by atoms with Gasteiger partial charge < -0.3 is 33.3 Å². The normalized spacial score (nSPS) is 16.0. The summed E-state index contributed by atoms with van der Waals surface area (Å²) in [6.07, 6.45) is 3.33. The van der Waals surface area contributed by atoms with Crippen LogP contribution in [0.1, 0.15) is 26.2 Å². The Balaban J connectivity index is 1.26. The fourth-order valence-electron chi connectivity index (χ4n) is 5.47. The first-order chi connectivity index (χ1) is 20.7. The van der Waals surface area contributed by atoms with Gasteiger partial charge in [-0.05, 0) is 17.6 Å². The van der Waals surface area contributed by atoms with E-state index in [4.69, 9.17) is 14.2 Å². The topological polar surface area (TPSA) is 139 Å². The van der Waals surface area contributed by atoms with Gasteiger partial charge in [-0.3, -0.25) is 18.8 Å². The summed E-state index contributed by atoms with van der Waals surface area (Å²) in [6, 6.07) is 3.47. The van der Waals surface area contributed by atoms with Crippen LogP contribution in [0.3, 0.4) is 0 Å². The Morgan fingerprint density at radius 1 is 0.977 bits per heavy atom. The highest BCUT2D eigenvalue weighted by Gasteiger charge is 2.23. The van der Waals surface area contributed by atoms with E-state index in [1.165, 1.54) is 34.7 Å². The van der Waals surface area contributed by atoms with Crippen molar-refractivity contribution in [2.75, 3.05) is 66.4 Å². The second-order valence-corrected chi connectivity index (χ2v) is 12.4. The number of piperazine rings is 1. The lowest BCUT2D eigenvalue weighted by molar-refractivity contribution is 0.0650. The van der Waals surface area contributed by atoms with Crippen molar-refractivity contribution in [1.82, 2.24) is 28.5 Å². The second-order valence-electron chi connectivity index (χ2n) is 10.8. The molecule has 3 heterocycles. The van der Waals surface area contributed by atoms with E-state index >= 15 is 0 Å². The zero-order chi connectivity index (χ0) is 31.1. The number of ether oxygens (including phenoxy) is 3. The Kier molecular flexibility index (Phi) is 11.5. The Hall–Kier alpha value is -3.04. The van der Waals surface area contributed by atoms with E-state index in [1.807, 2.05) is 6.92 Å². The summed E-state index contributed by atoms with van der Waals surface area (Å²) in [6.45, 7) is 7.34. The van der Waals surface area contributed by atoms with Gasteiger partial charge in [0.2, 0.25) is 5.75 Å². The van der Waals surface area contributed by atoms with Crippen molar-refractivity contribution in [3.8, 4) is 17.2 Å². The monoisotopic (exact) mass is 620 g/mol. The second kappa shape index (κ2) is 15.1. The summed E-state index contributed by atoms with van der Waals surface area (Å²) in [7, 11) is 6.09. The molecule has 1 aliphatic rings. The quantitative estimate of drug-likeness (QED) is 0.244. The fourth-order valence-corrected chi connectivity index (χ4v) is 6.57. The highest BCUT2D eigenvalue weighted by molar-refractivity contribution is 7.91. The average molecular weight is 621 g/mol. The molecule has 1 N–H and O–H groups in total. The lowest BCUT2D eigenvalue weighted by Gasteiger charge is -2.35. The number of aromatic nitrogens is 4. The third kappa shape index (κ3) is 7.55. The van der Waals surface area contributed by atoms with Crippen LogP contribution in [0.5, 0.6) is 17.2 Å². The van der Waals surface area contributed by atoms with E-state index in [0.29, 0.717) is 52.2 Å². The molecule has 3 aromatic rings. The highest BCUT2D eigenvalue weighted by atomic mass is 32.2. The van der Waals surface area contributed by atoms with Crippen LogP contribution in [0.15, 0.2) is 32.9 Å². The number of aryl methyl sites for hydroxylation is 1. The van der Waals surface area contributed by atoms with Crippen LogP contribution in [-0.2, 0) is 31.3 Å². The van der Waals surface area contributed by atoms with Gasteiger partial charge in [0.25, 0.3) is 5.56 Å². The van der Waals surface area contributed by atoms with Gasteiger partial charge in [0, 0.05) is 71.4 Å². The maximum Gasteiger partial charge on any atom is 0.332 e. The number of hydrogen-bond donors (Lipinski definition) is 1. The maximum absolute atomic E-state index is 13.0. The minimum atomic E-state index is -1.21. The Bertz CT molecular complexity index is 1460.